The molecular weight excluding hydrogens is 835 g/mol. The number of aromatic hydroxyl groups is 2. The fourth-order valence-corrected chi connectivity index (χ4v) is 10.8. The highest BCUT2D eigenvalue weighted by atomic mass is 16.7. The topological polar surface area (TPSA) is 255 Å². The molecule has 0 amide bonds. The fourth-order valence-electron chi connectivity index (χ4n) is 10.8. The van der Waals surface area contributed by atoms with Crippen molar-refractivity contribution in [3.63, 3.8) is 0 Å². The van der Waals surface area contributed by atoms with E-state index in [1.54, 1.807) is 20.8 Å². The molecule has 0 bridgehead atoms. The van der Waals surface area contributed by atoms with Crippen LogP contribution in [0.3, 0.4) is 0 Å². The number of aliphatic hydroxyl groups excluding tert-OH is 4. The van der Waals surface area contributed by atoms with Crippen molar-refractivity contribution in [1.29, 1.82) is 0 Å². The van der Waals surface area contributed by atoms with E-state index in [1.807, 2.05) is 25.9 Å². The molecule has 6 aliphatic rings. The molecule has 344 valence electrons. The Bertz CT molecular complexity index is 2470. The summed E-state index contributed by atoms with van der Waals surface area (Å²) in [6, 6.07) is 6.75. The number of carbonyl (C=O) groups is 2. The summed E-state index contributed by atoms with van der Waals surface area (Å²) < 4.78 is 37.9. The van der Waals surface area contributed by atoms with Crippen LogP contribution in [-0.4, -0.2) is 145 Å². The highest BCUT2D eigenvalue weighted by molar-refractivity contribution is 6.31. The van der Waals surface area contributed by atoms with E-state index in [9.17, 15) is 45.3 Å². The van der Waals surface area contributed by atoms with Crippen molar-refractivity contribution in [3.05, 3.63) is 75.4 Å². The van der Waals surface area contributed by atoms with Crippen molar-refractivity contribution in [2.45, 2.75) is 145 Å². The third-order valence-electron chi connectivity index (χ3n) is 14.1. The van der Waals surface area contributed by atoms with Crippen molar-refractivity contribution < 1.29 is 73.4 Å². The van der Waals surface area contributed by atoms with E-state index in [0.717, 1.165) is 0 Å². The van der Waals surface area contributed by atoms with E-state index in [0.29, 0.717) is 0 Å². The van der Waals surface area contributed by atoms with Gasteiger partial charge >= 0.3 is 5.63 Å². The second-order valence-corrected chi connectivity index (χ2v) is 18.7. The Hall–Kier alpha value is -4.37. The summed E-state index contributed by atoms with van der Waals surface area (Å²) in [5.74, 6) is -2.77. The molecule has 3 aliphatic heterocycles. The van der Waals surface area contributed by atoms with Crippen LogP contribution in [0.15, 0.2) is 57.3 Å². The second-order valence-electron chi connectivity index (χ2n) is 18.7. The normalized spacial score (nSPS) is 38.7. The van der Waals surface area contributed by atoms with Crippen LogP contribution in [-0.2, 0) is 28.5 Å². The summed E-state index contributed by atoms with van der Waals surface area (Å²) >= 11 is 0. The predicted octanol–water partition coefficient (Wildman–Crippen LogP) is 2.76. The molecule has 17 nitrogen and oxygen atoms in total. The van der Waals surface area contributed by atoms with Crippen LogP contribution in [0, 0.1) is 5.92 Å². The number of phenolic OH excluding ortho intramolecular Hbond substituents is 2. The number of phenols is 2. The minimum Gasteiger partial charge on any atom is -0.508 e. The average Bonchev–Trinajstić information content (AvgIpc) is 3.22. The van der Waals surface area contributed by atoms with E-state index in [1.165, 1.54) is 42.5 Å². The molecule has 15 unspecified atom stereocenters. The summed E-state index contributed by atoms with van der Waals surface area (Å²) in [4.78, 5) is 46.2. The Kier molecular flexibility index (Phi) is 11.3. The summed E-state index contributed by atoms with van der Waals surface area (Å²) in [5, 5.41) is 77.6. The zero-order valence-electron chi connectivity index (χ0n) is 36.3. The van der Waals surface area contributed by atoms with Crippen LogP contribution < -0.4 is 5.63 Å². The van der Waals surface area contributed by atoms with Gasteiger partial charge in [0.2, 0.25) is 0 Å². The van der Waals surface area contributed by atoms with Gasteiger partial charge in [-0.15, -0.1) is 0 Å². The van der Waals surface area contributed by atoms with Gasteiger partial charge in [0.05, 0.1) is 47.8 Å². The highest BCUT2D eigenvalue weighted by Gasteiger charge is 2.66. The maximum atomic E-state index is 15.1. The zero-order valence-corrected chi connectivity index (χ0v) is 36.3. The number of ketones is 2. The molecule has 3 aromatic rings. The van der Waals surface area contributed by atoms with Gasteiger partial charge in [-0.05, 0) is 77.0 Å². The number of hydrogen-bond donors (Lipinski definition) is 7. The maximum Gasteiger partial charge on any atom is 0.344 e. The van der Waals surface area contributed by atoms with Crippen molar-refractivity contribution in [2.75, 3.05) is 14.1 Å². The van der Waals surface area contributed by atoms with Gasteiger partial charge in [-0.1, -0.05) is 25.1 Å². The van der Waals surface area contributed by atoms with Gasteiger partial charge in [0.1, 0.15) is 41.2 Å². The molecule has 9 rings (SSSR count). The Morgan fingerprint density at radius 3 is 2.12 bits per heavy atom. The minimum absolute atomic E-state index is 0.0360. The monoisotopic (exact) mass is 889 g/mol. The quantitative estimate of drug-likeness (QED) is 0.180. The molecule has 64 heavy (non-hydrogen) atoms. The largest absolute Gasteiger partial charge is 0.508 e. The van der Waals surface area contributed by atoms with Crippen LogP contribution in [0.1, 0.15) is 87.6 Å². The Morgan fingerprint density at radius 1 is 0.812 bits per heavy atom. The van der Waals surface area contributed by atoms with E-state index in [-0.39, 0.29) is 99.7 Å². The molecule has 3 aliphatic carbocycles. The summed E-state index contributed by atoms with van der Waals surface area (Å²) in [7, 11) is 3.70. The van der Waals surface area contributed by atoms with Crippen LogP contribution in [0.25, 0.3) is 27.5 Å². The lowest BCUT2D eigenvalue weighted by molar-refractivity contribution is -0.321. The molecular formula is C47H55NO16. The number of allylic oxidation sites excluding steroid dienone is 2. The van der Waals surface area contributed by atoms with E-state index < -0.39 is 102 Å². The number of likely N-dealkylation sites (N-methyl/N-ethyl adjacent to an activating group) is 1. The Labute approximate surface area is 368 Å². The van der Waals surface area contributed by atoms with E-state index in [2.05, 4.69) is 0 Å². The van der Waals surface area contributed by atoms with Crippen molar-refractivity contribution >= 4 is 27.9 Å². The molecule has 4 heterocycles. The van der Waals surface area contributed by atoms with Gasteiger partial charge in [0, 0.05) is 59.2 Å². The van der Waals surface area contributed by atoms with Gasteiger partial charge in [-0.3, -0.25) is 9.59 Å². The number of fused-ring (bicyclic) bond motifs is 3. The fraction of sp³-hybridized carbons (Fsp3) is 0.553. The smallest absolute Gasteiger partial charge is 0.344 e. The number of hydrogen-bond acceptors (Lipinski definition) is 17. The van der Waals surface area contributed by atoms with Crippen molar-refractivity contribution in [1.82, 2.24) is 4.90 Å². The van der Waals surface area contributed by atoms with Crippen molar-refractivity contribution in [2.24, 2.45) is 5.92 Å². The van der Waals surface area contributed by atoms with Gasteiger partial charge in [-0.25, -0.2) is 4.79 Å². The summed E-state index contributed by atoms with van der Waals surface area (Å²) in [5.41, 5.74) is -5.95. The highest BCUT2D eigenvalue weighted by Crippen LogP contribution is 2.57. The first-order valence-corrected chi connectivity index (χ1v) is 21.8. The first-order chi connectivity index (χ1) is 30.2. The molecule has 2 aromatic carbocycles. The molecule has 15 atom stereocenters. The van der Waals surface area contributed by atoms with Gasteiger partial charge < -0.3 is 68.7 Å². The predicted molar refractivity (Wildman–Crippen MR) is 226 cm³/mol. The van der Waals surface area contributed by atoms with Crippen molar-refractivity contribution in [3.8, 4) is 22.6 Å². The maximum absolute atomic E-state index is 15.1. The van der Waals surface area contributed by atoms with E-state index >= 15 is 4.79 Å². The number of ether oxygens (including phenoxy) is 5. The Balaban J connectivity index is 1.16. The Morgan fingerprint density at radius 2 is 1.47 bits per heavy atom. The van der Waals surface area contributed by atoms with Gasteiger partial charge in [0.25, 0.3) is 0 Å². The molecule has 0 radical (unpaired) electrons. The van der Waals surface area contributed by atoms with E-state index in [4.69, 9.17) is 28.1 Å². The average molecular weight is 890 g/mol. The SMILES string of the molecule is CC1CC(=O)C2(O)C3=C(C=CC2(OC2CC(N(C)C)C(OC4CC(O)C(O)C(C)O4)C(C)O2)C1)C(=O)c1c(O)c(C2CC(O)C(O)C(C)O2)cc2c(-c4ccc(O)cc4)c(=O)oc3c12. The second kappa shape index (κ2) is 16.2. The molecule has 7 N–H and O–H groups in total. The minimum atomic E-state index is -2.63. The third kappa shape index (κ3) is 6.99. The summed E-state index contributed by atoms with van der Waals surface area (Å²) in [6.07, 6.45) is -7.48. The molecule has 0 spiro atoms. The molecule has 1 aromatic heterocycles. The zero-order chi connectivity index (χ0) is 45.9. The standard InChI is InChI=1S/C47H55NO16/c1-19-13-32(52)47(58)38-25(11-12-46(47,18-19)64-34-15-28(48(5)6)43(22(4)61-34)62-33-17-30(51)40(54)21(3)60-33)41(55)37-36-27(14-26(42(37)56)31-16-29(50)39(53)20(2)59-31)35(45(57)63-44(36)38)23-7-9-24(49)10-8-23/h7-12,14,19-22,28-31,33-34,39-40,43,49-51,53-54,56,58H,13,15-18H2,1-6H3. The van der Waals surface area contributed by atoms with Crippen LogP contribution >= 0.6 is 0 Å². The number of benzene rings is 2. The molecule has 17 heteroatoms. The van der Waals surface area contributed by atoms with Crippen LogP contribution in [0.4, 0.5) is 0 Å². The van der Waals surface area contributed by atoms with Gasteiger partial charge in [0.15, 0.2) is 29.7 Å². The first-order valence-electron chi connectivity index (χ1n) is 21.8. The number of carbonyl (C=O) groups excluding carboxylic acids is 2. The lowest BCUT2D eigenvalue weighted by Crippen LogP contribution is -2.67. The van der Waals surface area contributed by atoms with Crippen LogP contribution in [0.5, 0.6) is 11.5 Å². The number of Topliss-reactive ketones (excluding diaryl/α,β-unsaturated/α-hetero) is 2. The van der Waals surface area contributed by atoms with Crippen LogP contribution in [0.2, 0.25) is 0 Å². The number of nitrogens with zero attached hydrogens (tertiary/aromatic N) is 1. The first kappa shape index (κ1) is 44.8. The number of aliphatic hydroxyl groups is 5. The molecule has 4 fully saturated rings. The van der Waals surface area contributed by atoms with Gasteiger partial charge in [-0.2, -0.15) is 0 Å². The molecule has 1 saturated carbocycles. The summed E-state index contributed by atoms with van der Waals surface area (Å²) in [6.45, 7) is 6.82. The number of rotatable bonds is 7. The lowest BCUT2D eigenvalue weighted by Gasteiger charge is -2.54. The third-order valence-corrected chi connectivity index (χ3v) is 14.1. The lowest BCUT2D eigenvalue weighted by atomic mass is 9.58. The molecule has 3 saturated heterocycles.